The van der Waals surface area contributed by atoms with Gasteiger partial charge in [0.2, 0.25) is 0 Å². The first-order valence-corrected chi connectivity index (χ1v) is 11.1. The number of ether oxygens (including phenoxy) is 1. The molecule has 0 aliphatic carbocycles. The lowest BCUT2D eigenvalue weighted by Crippen LogP contribution is -2.13. The lowest BCUT2D eigenvalue weighted by Gasteiger charge is -2.28. The fourth-order valence-corrected chi connectivity index (χ4v) is 7.38. The molecule has 2 aromatic carbocycles. The van der Waals surface area contributed by atoms with E-state index >= 15 is 0 Å². The van der Waals surface area contributed by atoms with Gasteiger partial charge in [-0.3, -0.25) is 4.57 Å². The molecule has 2 rings (SSSR count). The van der Waals surface area contributed by atoms with E-state index < -0.39 is 15.2 Å². The Kier molecular flexibility index (Phi) is 7.83. The lowest BCUT2D eigenvalue weighted by atomic mass is 10.2. The number of hydrogen-bond acceptors (Lipinski definition) is 7. The highest BCUT2D eigenvalue weighted by atomic mass is 31.2. The fourth-order valence-electron chi connectivity index (χ4n) is 2.53. The van der Waals surface area contributed by atoms with Crippen LogP contribution < -0.4 is 4.74 Å². The van der Waals surface area contributed by atoms with Crippen LogP contribution in [0.5, 0.6) is 11.5 Å². The average Bonchev–Trinajstić information content (AvgIpc) is 2.73. The average molecular weight is 414 g/mol. The molecule has 148 valence electrons. The zero-order chi connectivity index (χ0) is 19.9. The Morgan fingerprint density at radius 3 is 1.74 bits per heavy atom. The molecule has 0 saturated heterocycles. The third kappa shape index (κ3) is 4.53. The summed E-state index contributed by atoms with van der Waals surface area (Å²) in [6.45, 7) is 0. The summed E-state index contributed by atoms with van der Waals surface area (Å²) in [5, 5.41) is 0.138. The summed E-state index contributed by atoms with van der Waals surface area (Å²) >= 11 is 0. The third-order valence-electron chi connectivity index (χ3n) is 3.82. The van der Waals surface area contributed by atoms with E-state index in [1.54, 1.807) is 24.3 Å². The van der Waals surface area contributed by atoms with Gasteiger partial charge >= 0.3 is 7.60 Å². The van der Waals surface area contributed by atoms with Crippen molar-refractivity contribution in [3.8, 4) is 11.5 Å². The molecule has 0 N–H and O–H groups in total. The Morgan fingerprint density at radius 2 is 1.22 bits per heavy atom. The van der Waals surface area contributed by atoms with Gasteiger partial charge in [-0.1, -0.05) is 36.4 Å². The van der Waals surface area contributed by atoms with Crippen LogP contribution in [0.1, 0.15) is 5.56 Å². The van der Waals surface area contributed by atoms with Crippen molar-refractivity contribution in [2.45, 2.75) is 0 Å². The van der Waals surface area contributed by atoms with Crippen molar-refractivity contribution in [1.82, 2.24) is 0 Å². The second kappa shape index (κ2) is 9.67. The minimum Gasteiger partial charge on any atom is -0.457 e. The van der Waals surface area contributed by atoms with Crippen molar-refractivity contribution in [2.75, 3.05) is 35.5 Å². The van der Waals surface area contributed by atoms with E-state index in [1.807, 2.05) is 30.3 Å². The van der Waals surface area contributed by atoms with Crippen LogP contribution in [0.4, 0.5) is 0 Å². The number of para-hydroxylation sites is 2. The Morgan fingerprint density at radius 1 is 0.704 bits per heavy atom. The predicted molar refractivity (Wildman–Crippen MR) is 107 cm³/mol. The van der Waals surface area contributed by atoms with Crippen LogP contribution in [0.2, 0.25) is 0 Å². The molecule has 2 aromatic rings. The molecule has 0 radical (unpaired) electrons. The summed E-state index contributed by atoms with van der Waals surface area (Å²) < 4.78 is 46.6. The fraction of sp³-hybridized carbons (Fsp3) is 0.278. The van der Waals surface area contributed by atoms with Gasteiger partial charge in [0.1, 0.15) is 16.5 Å². The van der Waals surface area contributed by atoms with Crippen LogP contribution in [-0.4, -0.2) is 40.6 Å². The van der Waals surface area contributed by atoms with Gasteiger partial charge in [-0.05, 0) is 18.2 Å². The van der Waals surface area contributed by atoms with Gasteiger partial charge in [0.15, 0.2) is 0 Å². The van der Waals surface area contributed by atoms with E-state index in [0.29, 0.717) is 17.1 Å². The molecule has 0 saturated carbocycles. The van der Waals surface area contributed by atoms with Crippen LogP contribution in [0.25, 0.3) is 0 Å². The molecule has 0 atom stereocenters. The minimum absolute atomic E-state index is 0.138. The van der Waals surface area contributed by atoms with Crippen molar-refractivity contribution in [3.05, 3.63) is 60.2 Å². The maximum atomic E-state index is 13.4. The summed E-state index contributed by atoms with van der Waals surface area (Å²) in [5.74, 6) is 1.05. The van der Waals surface area contributed by atoms with Crippen molar-refractivity contribution in [3.63, 3.8) is 0 Å². The molecule has 0 bridgehead atoms. The number of rotatable bonds is 9. The Bertz CT molecular complexity index is 825. The van der Waals surface area contributed by atoms with Crippen molar-refractivity contribution in [2.24, 2.45) is 0 Å². The van der Waals surface area contributed by atoms with Gasteiger partial charge in [0, 0.05) is 41.1 Å². The largest absolute Gasteiger partial charge is 0.457 e. The molecule has 0 aliphatic rings. The molecule has 9 heteroatoms. The first-order chi connectivity index (χ1) is 13.0. The van der Waals surface area contributed by atoms with E-state index in [-0.39, 0.29) is 5.03 Å². The third-order valence-corrected chi connectivity index (χ3v) is 9.21. The SMILES string of the molecule is COP(=O)(OC)C(c1ccccc1Oc1ccccc1)=P(OC)(OC)OC. The Hall–Kier alpha value is -1.43. The van der Waals surface area contributed by atoms with Gasteiger partial charge in [0.05, 0.1) is 0 Å². The molecule has 27 heavy (non-hydrogen) atoms. The van der Waals surface area contributed by atoms with Gasteiger partial charge < -0.3 is 27.4 Å². The topological polar surface area (TPSA) is 72.5 Å². The summed E-state index contributed by atoms with van der Waals surface area (Å²) in [4.78, 5) is 0. The van der Waals surface area contributed by atoms with E-state index in [2.05, 4.69) is 0 Å². The molecular weight excluding hydrogens is 390 g/mol. The number of benzene rings is 2. The molecule has 0 fully saturated rings. The zero-order valence-electron chi connectivity index (χ0n) is 15.9. The van der Waals surface area contributed by atoms with Gasteiger partial charge in [-0.25, -0.2) is 0 Å². The highest BCUT2D eigenvalue weighted by Crippen LogP contribution is 2.65. The van der Waals surface area contributed by atoms with Crippen molar-refractivity contribution < 1.29 is 31.9 Å². The van der Waals surface area contributed by atoms with Crippen LogP contribution >= 0.6 is 15.2 Å². The van der Waals surface area contributed by atoms with E-state index in [1.165, 1.54) is 35.5 Å². The molecule has 7 nitrogen and oxygen atoms in total. The zero-order valence-corrected chi connectivity index (χ0v) is 17.7. The maximum Gasteiger partial charge on any atom is 0.368 e. The molecule has 0 unspecified atom stereocenters. The van der Waals surface area contributed by atoms with Gasteiger partial charge in [-0.15, -0.1) is 0 Å². The van der Waals surface area contributed by atoms with Crippen LogP contribution in [0.15, 0.2) is 54.6 Å². The first kappa shape index (κ1) is 21.9. The maximum absolute atomic E-state index is 13.4. The summed E-state index contributed by atoms with van der Waals surface area (Å²) in [6.07, 6.45) is 0. The smallest absolute Gasteiger partial charge is 0.368 e. The summed E-state index contributed by atoms with van der Waals surface area (Å²) in [5.41, 5.74) is 0.451. The number of hydrogen-bond donors (Lipinski definition) is 0. The summed E-state index contributed by atoms with van der Waals surface area (Å²) in [6, 6.07) is 16.3. The van der Waals surface area contributed by atoms with Crippen LogP contribution in [-0.2, 0) is 27.2 Å². The first-order valence-electron chi connectivity index (χ1n) is 7.98. The summed E-state index contributed by atoms with van der Waals surface area (Å²) in [7, 11) is -0.213. The normalized spacial score (nSPS) is 12.0. The van der Waals surface area contributed by atoms with Crippen molar-refractivity contribution in [1.29, 1.82) is 0 Å². The molecular formula is C18H24O7P2. The van der Waals surface area contributed by atoms with Crippen LogP contribution in [0, 0.1) is 0 Å². The predicted octanol–water partition coefficient (Wildman–Crippen LogP) is 5.14. The molecule has 0 amide bonds. The Labute approximate surface area is 159 Å². The van der Waals surface area contributed by atoms with E-state index in [4.69, 9.17) is 27.4 Å². The highest BCUT2D eigenvalue weighted by Gasteiger charge is 2.42. The Balaban J connectivity index is 2.79. The standard InChI is InChI=1S/C18H24O7P2/c1-20-26(19,21-2)18(27(22-3,23-4)24-5)16-13-9-10-14-17(16)25-15-11-7-6-8-12-15/h6-14H,1-5H3. The second-order valence-corrected chi connectivity index (χ2v) is 10.2. The van der Waals surface area contributed by atoms with Crippen LogP contribution in [0.3, 0.4) is 0 Å². The van der Waals surface area contributed by atoms with Gasteiger partial charge in [-0.2, -0.15) is 0 Å². The van der Waals surface area contributed by atoms with E-state index in [0.717, 1.165) is 0 Å². The van der Waals surface area contributed by atoms with Gasteiger partial charge in [0.25, 0.3) is 7.57 Å². The highest BCUT2D eigenvalue weighted by molar-refractivity contribution is 7.89. The van der Waals surface area contributed by atoms with E-state index in [9.17, 15) is 4.57 Å². The molecule has 0 spiro atoms. The second-order valence-electron chi connectivity index (χ2n) is 5.14. The quantitative estimate of drug-likeness (QED) is 0.526. The lowest BCUT2D eigenvalue weighted by molar-refractivity contribution is 0.232. The minimum atomic E-state index is -3.80. The monoisotopic (exact) mass is 414 g/mol. The molecule has 0 heterocycles. The molecule has 0 aromatic heterocycles. The van der Waals surface area contributed by atoms with Crippen molar-refractivity contribution >= 4 is 20.2 Å². The molecule has 0 aliphatic heterocycles.